The molecular weight excluding hydrogens is 365 g/mol. The number of Topliss-reactive ketones (excluding diaryl/α,β-unsaturated/α-hetero) is 1. The van der Waals surface area contributed by atoms with Gasteiger partial charge in [0.05, 0.1) is 0 Å². The maximum Gasteiger partial charge on any atom is 0.158 e. The molecule has 1 N–H and O–H groups in total. The molecule has 0 aliphatic carbocycles. The minimum Gasteiger partial charge on any atom is -0.698 e. The van der Waals surface area contributed by atoms with Crippen molar-refractivity contribution in [3.8, 4) is 0 Å². The van der Waals surface area contributed by atoms with Crippen molar-refractivity contribution in [1.29, 1.82) is 0 Å². The van der Waals surface area contributed by atoms with E-state index >= 15 is 0 Å². The van der Waals surface area contributed by atoms with Crippen molar-refractivity contribution >= 4 is 11.5 Å². The van der Waals surface area contributed by atoms with Gasteiger partial charge in [0.25, 0.3) is 0 Å². The summed E-state index contributed by atoms with van der Waals surface area (Å²) in [5.41, 5.74) is 9.25. The maximum absolute atomic E-state index is 10.9. The van der Waals surface area contributed by atoms with E-state index < -0.39 is 0 Å². The number of carbonyl (C=O) groups excluding carboxylic acids is 1. The molecule has 0 bridgehead atoms. The third-order valence-corrected chi connectivity index (χ3v) is 1.55. The van der Waals surface area contributed by atoms with E-state index in [0.717, 1.165) is 5.56 Å². The van der Waals surface area contributed by atoms with Crippen LogP contribution in [0.2, 0.25) is 0 Å². The molecule has 0 aliphatic rings. The van der Waals surface area contributed by atoms with Crippen LogP contribution in [0.25, 0.3) is 5.73 Å². The van der Waals surface area contributed by atoms with Gasteiger partial charge in [0, 0.05) is 49.6 Å². The molecule has 1 radical (unpaired) electrons. The minimum absolute atomic E-state index is 0. The second-order valence-corrected chi connectivity index (χ2v) is 2.61. The largest absolute Gasteiger partial charge is 0.698 e. The number of carbonyl (C=O) groups is 1. The summed E-state index contributed by atoms with van der Waals surface area (Å²) in [5.74, 6) is -0.0463. The molecule has 1 aromatic rings. The first-order valence-electron chi connectivity index (χ1n) is 3.44. The Morgan fingerprint density at radius 2 is 2.00 bits per heavy atom. The van der Waals surface area contributed by atoms with E-state index in [1.807, 2.05) is 13.0 Å². The van der Waals surface area contributed by atoms with Crippen molar-refractivity contribution in [1.82, 2.24) is 0 Å². The van der Waals surface area contributed by atoms with Crippen LogP contribution in [0.5, 0.6) is 0 Å². The molecule has 12 heavy (non-hydrogen) atoms. The Morgan fingerprint density at radius 3 is 2.42 bits per heavy atom. The summed E-state index contributed by atoms with van der Waals surface area (Å²) in [6.45, 7) is 3.38. The van der Waals surface area contributed by atoms with Crippen molar-refractivity contribution in [2.24, 2.45) is 0 Å². The van der Waals surface area contributed by atoms with Gasteiger partial charge in [0.1, 0.15) is 0 Å². The number of aryl methyl sites for hydroxylation is 1. The Kier molecular flexibility index (Phi) is 5.05. The maximum atomic E-state index is 10.9. The molecule has 1 aromatic carbocycles. The van der Waals surface area contributed by atoms with Crippen LogP contribution >= 0.6 is 0 Å². The number of rotatable bonds is 1. The van der Waals surface area contributed by atoms with Crippen LogP contribution in [0, 0.1) is 51.0 Å². The van der Waals surface area contributed by atoms with Crippen LogP contribution in [-0.2, 0) is 0 Å². The summed E-state index contributed by atoms with van der Waals surface area (Å²) in [6.07, 6.45) is 0. The second-order valence-electron chi connectivity index (χ2n) is 2.61. The quantitative estimate of drug-likeness (QED) is 0.696. The molecule has 3 heteroatoms. The number of hydrogen-bond acceptors (Lipinski definition) is 1. The fraction of sp³-hybridized carbons (Fsp3) is 0.222. The van der Waals surface area contributed by atoms with Crippen LogP contribution < -0.4 is 0 Å². The van der Waals surface area contributed by atoms with Gasteiger partial charge in [-0.25, -0.2) is 0 Å². The van der Waals surface area contributed by atoms with Crippen LogP contribution in [0.4, 0.5) is 5.69 Å². The zero-order chi connectivity index (χ0) is 8.43. The van der Waals surface area contributed by atoms with E-state index in [2.05, 4.69) is 0 Å². The Morgan fingerprint density at radius 1 is 1.42 bits per heavy atom. The van der Waals surface area contributed by atoms with Gasteiger partial charge in [-0.15, -0.1) is 5.69 Å². The summed E-state index contributed by atoms with van der Waals surface area (Å²) in [4.78, 5) is 10.9. The predicted octanol–water partition coefficient (Wildman–Crippen LogP) is 2.88. The fourth-order valence-corrected chi connectivity index (χ4v) is 0.965. The first-order valence-corrected chi connectivity index (χ1v) is 3.44. The summed E-state index contributed by atoms with van der Waals surface area (Å²) >= 11 is 0. The number of ketones is 1. The van der Waals surface area contributed by atoms with Crippen LogP contribution in [0.1, 0.15) is 22.8 Å². The van der Waals surface area contributed by atoms with E-state index in [1.165, 1.54) is 6.92 Å². The van der Waals surface area contributed by atoms with Gasteiger partial charge >= 0.3 is 0 Å². The number of hydrogen-bond donors (Lipinski definition) is 0. The molecule has 0 atom stereocenters. The zero-order valence-electron chi connectivity index (χ0n) is 7.22. The summed E-state index contributed by atoms with van der Waals surface area (Å²) in [6, 6.07) is 5.23. The van der Waals surface area contributed by atoms with Gasteiger partial charge in [-0.1, -0.05) is 23.8 Å². The molecule has 0 aliphatic heterocycles. The summed E-state index contributed by atoms with van der Waals surface area (Å²) in [5, 5.41) is 0. The molecule has 0 amide bonds. The van der Waals surface area contributed by atoms with Crippen molar-refractivity contribution < 1.29 is 48.9 Å². The van der Waals surface area contributed by atoms with E-state index in [9.17, 15) is 4.79 Å². The molecule has 61 valence electrons. The molecule has 0 saturated carbocycles. The van der Waals surface area contributed by atoms with Crippen molar-refractivity contribution in [2.75, 3.05) is 0 Å². The van der Waals surface area contributed by atoms with Crippen LogP contribution in [-0.4, -0.2) is 5.78 Å². The predicted molar refractivity (Wildman–Crippen MR) is 45.2 cm³/mol. The van der Waals surface area contributed by atoms with Gasteiger partial charge in [-0.3, -0.25) is 4.79 Å². The third-order valence-electron chi connectivity index (χ3n) is 1.55. The number of benzene rings is 1. The molecule has 0 spiro atoms. The number of nitrogens with one attached hydrogen (secondary N) is 1. The summed E-state index contributed by atoms with van der Waals surface area (Å²) < 4.78 is 0. The van der Waals surface area contributed by atoms with Crippen molar-refractivity contribution in [3.63, 3.8) is 0 Å². The van der Waals surface area contributed by atoms with Crippen molar-refractivity contribution in [2.45, 2.75) is 13.8 Å². The standard InChI is InChI=1S/C9H11NO.Ac/c1-6-3-4-8(7(2)11)9(10)5-6;/h3-5H,1-2H3,(H2,10,11);/p-1. The first-order chi connectivity index (χ1) is 5.11. The molecular formula is C9H10AcNO-. The normalized spacial score (nSPS) is 8.83. The molecule has 0 heterocycles. The average molecular weight is 375 g/mol. The Balaban J connectivity index is 0.00000121. The average Bonchev–Trinajstić information content (AvgIpc) is 1.85. The van der Waals surface area contributed by atoms with E-state index in [1.54, 1.807) is 12.1 Å². The first kappa shape index (κ1) is 12.1. The molecule has 0 fully saturated rings. The monoisotopic (exact) mass is 375 g/mol. The Bertz CT molecular complexity index is 297. The van der Waals surface area contributed by atoms with E-state index in [4.69, 9.17) is 5.73 Å². The van der Waals surface area contributed by atoms with Gasteiger partial charge in [0.2, 0.25) is 0 Å². The van der Waals surface area contributed by atoms with Crippen LogP contribution in [0.15, 0.2) is 18.2 Å². The van der Waals surface area contributed by atoms with Gasteiger partial charge in [-0.05, 0) is 13.8 Å². The smallest absolute Gasteiger partial charge is 0.158 e. The van der Waals surface area contributed by atoms with Crippen LogP contribution in [0.3, 0.4) is 0 Å². The van der Waals surface area contributed by atoms with Gasteiger partial charge in [-0.2, -0.15) is 0 Å². The minimum atomic E-state index is -0.0463. The molecule has 0 aromatic heterocycles. The third kappa shape index (κ3) is 2.88. The van der Waals surface area contributed by atoms with Crippen molar-refractivity contribution in [3.05, 3.63) is 35.1 Å². The summed E-state index contributed by atoms with van der Waals surface area (Å²) in [7, 11) is 0. The Hall–Kier alpha value is 0.132. The molecule has 1 rings (SSSR count). The van der Waals surface area contributed by atoms with E-state index in [-0.39, 0.29) is 49.8 Å². The van der Waals surface area contributed by atoms with Gasteiger partial charge in [0.15, 0.2) is 5.78 Å². The topological polar surface area (TPSA) is 40.9 Å². The van der Waals surface area contributed by atoms with Gasteiger partial charge < -0.3 is 5.73 Å². The van der Waals surface area contributed by atoms with E-state index in [0.29, 0.717) is 11.3 Å². The SMILES string of the molecule is CC(=O)c1ccc(C)cc1[NH-].[Ac]. The molecule has 0 unspecified atom stereocenters. The zero-order valence-corrected chi connectivity index (χ0v) is 12.0. The Labute approximate surface area is 108 Å². The molecule has 0 saturated heterocycles. The molecule has 2 nitrogen and oxygen atoms in total. The second kappa shape index (κ2) is 4.99. The fourth-order valence-electron chi connectivity index (χ4n) is 0.965.